The first-order valence-electron chi connectivity index (χ1n) is 9.07. The van der Waals surface area contributed by atoms with E-state index in [1.54, 1.807) is 36.4 Å². The number of hydrogen-bond acceptors (Lipinski definition) is 7. The number of aromatic nitrogens is 1. The molecule has 2 unspecified atom stereocenters. The second-order valence-electron chi connectivity index (χ2n) is 6.69. The van der Waals surface area contributed by atoms with Crippen LogP contribution in [0, 0.1) is 0 Å². The van der Waals surface area contributed by atoms with E-state index in [4.69, 9.17) is 5.21 Å². The van der Waals surface area contributed by atoms with E-state index < -0.39 is 27.0 Å². The Morgan fingerprint density at radius 3 is 2.52 bits per heavy atom. The van der Waals surface area contributed by atoms with Gasteiger partial charge in [-0.05, 0) is 49.7 Å². The van der Waals surface area contributed by atoms with Crippen LogP contribution in [-0.4, -0.2) is 48.3 Å². The van der Waals surface area contributed by atoms with E-state index in [0.717, 1.165) is 5.56 Å². The molecule has 0 radical (unpaired) electrons. The summed E-state index contributed by atoms with van der Waals surface area (Å²) in [7, 11) is -4.04. The maximum absolute atomic E-state index is 13.0. The summed E-state index contributed by atoms with van der Waals surface area (Å²) in [5, 5.41) is 10.3. The van der Waals surface area contributed by atoms with Crippen LogP contribution in [0.15, 0.2) is 47.6 Å². The van der Waals surface area contributed by atoms with Gasteiger partial charge in [-0.2, -0.15) is 0 Å². The molecule has 1 aliphatic rings. The molecule has 9 nitrogen and oxygen atoms in total. The predicted octanol–water partition coefficient (Wildman–Crippen LogP) is 0.888. The van der Waals surface area contributed by atoms with Crippen LogP contribution >= 0.6 is 0 Å². The van der Waals surface area contributed by atoms with Gasteiger partial charge in [0.1, 0.15) is 0 Å². The van der Waals surface area contributed by atoms with Gasteiger partial charge in [-0.15, -0.1) is 0 Å². The molecule has 0 fully saturated rings. The van der Waals surface area contributed by atoms with Crippen molar-refractivity contribution in [3.8, 4) is 0 Å². The molecule has 29 heavy (non-hydrogen) atoms. The average Bonchev–Trinajstić information content (AvgIpc) is 2.72. The summed E-state index contributed by atoms with van der Waals surface area (Å²) in [4.78, 5) is 30.2. The number of carbonyl (C=O) groups is 2. The summed E-state index contributed by atoms with van der Waals surface area (Å²) in [5.41, 5.74) is 3.00. The summed E-state index contributed by atoms with van der Waals surface area (Å²) in [6, 6.07) is 7.11. The van der Waals surface area contributed by atoms with E-state index in [9.17, 15) is 18.0 Å². The Balaban J connectivity index is 1.94. The Hall–Kier alpha value is -2.98. The topological polar surface area (TPSA) is 129 Å². The van der Waals surface area contributed by atoms with Gasteiger partial charge < -0.3 is 10.2 Å². The molecule has 0 saturated heterocycles. The number of nitrogens with zero attached hydrogens (tertiary/aromatic N) is 2. The number of pyridine rings is 1. The van der Waals surface area contributed by atoms with Crippen molar-refractivity contribution in [2.75, 3.05) is 11.4 Å². The van der Waals surface area contributed by atoms with Gasteiger partial charge in [0, 0.05) is 31.0 Å². The molecule has 2 aromatic rings. The number of hydrogen-bond donors (Lipinski definition) is 3. The zero-order valence-electron chi connectivity index (χ0n) is 16.0. The molecule has 2 atom stereocenters. The molecule has 1 aromatic heterocycles. The van der Waals surface area contributed by atoms with Crippen molar-refractivity contribution in [3.05, 3.63) is 53.9 Å². The highest BCUT2D eigenvalue weighted by Crippen LogP contribution is 2.37. The van der Waals surface area contributed by atoms with Gasteiger partial charge in [-0.1, -0.05) is 0 Å². The van der Waals surface area contributed by atoms with Crippen molar-refractivity contribution in [3.63, 3.8) is 0 Å². The molecule has 154 valence electrons. The Morgan fingerprint density at radius 2 is 1.90 bits per heavy atom. The Labute approximate surface area is 168 Å². The highest BCUT2D eigenvalue weighted by atomic mass is 32.2. The zero-order valence-corrected chi connectivity index (χ0v) is 16.8. The fraction of sp³-hybridized carbons (Fsp3) is 0.316. The molecule has 2 amide bonds. The fourth-order valence-electron chi connectivity index (χ4n) is 3.57. The summed E-state index contributed by atoms with van der Waals surface area (Å²) >= 11 is 0. The van der Waals surface area contributed by atoms with E-state index in [1.807, 2.05) is 6.92 Å². The number of amides is 2. The molecular formula is C19H22N4O5S. The standard InChI is InChI=1S/C19H22N4O5S/c1-3-23-12(2)17(19(25)22-26)29(27,28)16-5-4-14(10-15(16)23)18(24)21-11-13-6-8-20-9-7-13/h4-10,12,17,26H,3,11H2,1-2H3,(H,21,24)(H,22,25). The second-order valence-corrected chi connectivity index (χ2v) is 8.73. The van der Waals surface area contributed by atoms with Crippen molar-refractivity contribution in [1.29, 1.82) is 0 Å². The SMILES string of the molecule is CCN1c2cc(C(=O)NCc3ccncc3)ccc2S(=O)(=O)C(C(=O)NO)C1C. The lowest BCUT2D eigenvalue weighted by molar-refractivity contribution is -0.129. The first-order valence-corrected chi connectivity index (χ1v) is 10.6. The third-order valence-corrected chi connectivity index (χ3v) is 7.25. The van der Waals surface area contributed by atoms with Gasteiger partial charge in [-0.3, -0.25) is 19.8 Å². The third kappa shape index (κ3) is 3.81. The van der Waals surface area contributed by atoms with Crippen LogP contribution in [-0.2, 0) is 21.2 Å². The maximum atomic E-state index is 13.0. The molecule has 1 aromatic carbocycles. The zero-order chi connectivity index (χ0) is 21.2. The summed E-state index contributed by atoms with van der Waals surface area (Å²) in [6.45, 7) is 4.15. The molecule has 0 saturated carbocycles. The van der Waals surface area contributed by atoms with Crippen LogP contribution in [0.4, 0.5) is 5.69 Å². The van der Waals surface area contributed by atoms with Crippen LogP contribution in [0.25, 0.3) is 0 Å². The Kier molecular flexibility index (Phi) is 5.85. The molecule has 3 N–H and O–H groups in total. The Bertz CT molecular complexity index is 1030. The van der Waals surface area contributed by atoms with Gasteiger partial charge in [0.05, 0.1) is 16.6 Å². The number of hydroxylamine groups is 1. The normalized spacial score (nSPS) is 19.9. The fourth-order valence-corrected chi connectivity index (χ4v) is 5.57. The van der Waals surface area contributed by atoms with Crippen molar-refractivity contribution in [2.24, 2.45) is 0 Å². The summed E-state index contributed by atoms with van der Waals surface area (Å²) < 4.78 is 25.9. The van der Waals surface area contributed by atoms with Crippen LogP contribution < -0.4 is 15.7 Å². The lowest BCUT2D eigenvalue weighted by atomic mass is 10.1. The van der Waals surface area contributed by atoms with Crippen molar-refractivity contribution in [1.82, 2.24) is 15.8 Å². The van der Waals surface area contributed by atoms with E-state index in [2.05, 4.69) is 10.3 Å². The number of anilines is 1. The first kappa shape index (κ1) is 20.7. The van der Waals surface area contributed by atoms with E-state index >= 15 is 0 Å². The summed E-state index contributed by atoms with van der Waals surface area (Å²) in [5.74, 6) is -1.33. The summed E-state index contributed by atoms with van der Waals surface area (Å²) in [6.07, 6.45) is 3.26. The van der Waals surface area contributed by atoms with Gasteiger partial charge in [0.2, 0.25) is 0 Å². The largest absolute Gasteiger partial charge is 0.366 e. The van der Waals surface area contributed by atoms with Crippen molar-refractivity contribution in [2.45, 2.75) is 36.6 Å². The minimum absolute atomic E-state index is 0.0447. The first-order chi connectivity index (χ1) is 13.8. The molecule has 0 bridgehead atoms. The Morgan fingerprint density at radius 1 is 1.21 bits per heavy atom. The molecule has 10 heteroatoms. The smallest absolute Gasteiger partial charge is 0.264 e. The van der Waals surface area contributed by atoms with E-state index in [1.165, 1.54) is 23.7 Å². The number of sulfone groups is 1. The molecule has 2 heterocycles. The lowest BCUT2D eigenvalue weighted by Crippen LogP contribution is -2.56. The lowest BCUT2D eigenvalue weighted by Gasteiger charge is -2.40. The van der Waals surface area contributed by atoms with E-state index in [0.29, 0.717) is 24.3 Å². The monoisotopic (exact) mass is 418 g/mol. The van der Waals surface area contributed by atoms with Gasteiger partial charge in [0.15, 0.2) is 15.1 Å². The number of fused-ring (bicyclic) bond motifs is 1. The van der Waals surface area contributed by atoms with E-state index in [-0.39, 0.29) is 10.8 Å². The minimum Gasteiger partial charge on any atom is -0.366 e. The number of benzene rings is 1. The highest BCUT2D eigenvalue weighted by molar-refractivity contribution is 7.93. The minimum atomic E-state index is -4.04. The molecule has 0 aliphatic carbocycles. The van der Waals surface area contributed by atoms with Gasteiger partial charge >= 0.3 is 0 Å². The van der Waals surface area contributed by atoms with Crippen molar-refractivity contribution < 1.29 is 23.2 Å². The molecule has 0 spiro atoms. The molecular weight excluding hydrogens is 396 g/mol. The predicted molar refractivity (Wildman–Crippen MR) is 105 cm³/mol. The van der Waals surface area contributed by atoms with Gasteiger partial charge in [-0.25, -0.2) is 13.9 Å². The van der Waals surface area contributed by atoms with Crippen LogP contribution in [0.5, 0.6) is 0 Å². The second kappa shape index (κ2) is 8.18. The maximum Gasteiger partial charge on any atom is 0.264 e. The quantitative estimate of drug-likeness (QED) is 0.486. The van der Waals surface area contributed by atoms with Crippen molar-refractivity contribution >= 4 is 27.3 Å². The number of rotatable bonds is 5. The molecule has 1 aliphatic heterocycles. The van der Waals surface area contributed by atoms with Crippen LogP contribution in [0.2, 0.25) is 0 Å². The average molecular weight is 418 g/mol. The van der Waals surface area contributed by atoms with Gasteiger partial charge in [0.25, 0.3) is 11.8 Å². The van der Waals surface area contributed by atoms with Crippen LogP contribution in [0.1, 0.15) is 29.8 Å². The number of nitrogens with one attached hydrogen (secondary N) is 2. The highest BCUT2D eigenvalue weighted by Gasteiger charge is 2.46. The third-order valence-electron chi connectivity index (χ3n) is 5.01. The number of carbonyl (C=O) groups excluding carboxylic acids is 2. The molecule has 3 rings (SSSR count). The van der Waals surface area contributed by atoms with Crippen LogP contribution in [0.3, 0.4) is 0 Å².